The fraction of sp³-hybridized carbons (Fsp3) is 0.500. The van der Waals surface area contributed by atoms with E-state index < -0.39 is 0 Å². The summed E-state index contributed by atoms with van der Waals surface area (Å²) in [7, 11) is 0. The summed E-state index contributed by atoms with van der Waals surface area (Å²) >= 11 is 0. The maximum absolute atomic E-state index is 11.3. The van der Waals surface area contributed by atoms with Crippen LogP contribution in [0.2, 0.25) is 0 Å². The maximum atomic E-state index is 11.3. The van der Waals surface area contributed by atoms with Crippen LogP contribution in [0, 0.1) is 0 Å². The van der Waals surface area contributed by atoms with Gasteiger partial charge in [0.2, 0.25) is 5.91 Å². The number of rotatable bonds is 2. The minimum absolute atomic E-state index is 0.0803. The maximum Gasteiger partial charge on any atom is 0.224 e. The number of amides is 1. The zero-order valence-electron chi connectivity index (χ0n) is 10.8. The molecule has 2 unspecified atom stereocenters. The predicted molar refractivity (Wildman–Crippen MR) is 72.9 cm³/mol. The molecule has 102 valence electrons. The molecule has 4 N–H and O–H groups in total. The second-order valence-electron chi connectivity index (χ2n) is 5.13. The van der Waals surface area contributed by atoms with Gasteiger partial charge in [-0.15, -0.1) is 0 Å². The van der Waals surface area contributed by atoms with Gasteiger partial charge in [-0.05, 0) is 23.6 Å². The fourth-order valence-electron chi connectivity index (χ4n) is 2.66. The molecule has 1 amide bonds. The van der Waals surface area contributed by atoms with E-state index in [0.29, 0.717) is 13.0 Å². The highest BCUT2D eigenvalue weighted by Crippen LogP contribution is 2.26. The number of anilines is 1. The first-order valence-electron chi connectivity index (χ1n) is 6.73. The van der Waals surface area contributed by atoms with Crippen LogP contribution in [0.4, 0.5) is 5.69 Å². The number of nitrogens with two attached hydrogens (primary N) is 1. The minimum Gasteiger partial charge on any atom is -0.378 e. The minimum atomic E-state index is -0.0803. The molecule has 2 atom stereocenters. The van der Waals surface area contributed by atoms with Crippen LogP contribution in [-0.4, -0.2) is 31.7 Å². The van der Waals surface area contributed by atoms with Gasteiger partial charge in [0.25, 0.3) is 0 Å². The molecule has 5 nitrogen and oxygen atoms in total. The van der Waals surface area contributed by atoms with Crippen molar-refractivity contribution in [1.29, 1.82) is 0 Å². The van der Waals surface area contributed by atoms with Gasteiger partial charge in [0.15, 0.2) is 0 Å². The number of hydrogen-bond donors (Lipinski definition) is 3. The third-order valence-corrected chi connectivity index (χ3v) is 3.79. The van der Waals surface area contributed by atoms with Crippen molar-refractivity contribution in [3.63, 3.8) is 0 Å². The Labute approximate surface area is 112 Å². The Kier molecular flexibility index (Phi) is 3.50. The van der Waals surface area contributed by atoms with E-state index in [-0.39, 0.29) is 18.0 Å². The Morgan fingerprint density at radius 1 is 1.37 bits per heavy atom. The molecule has 0 bridgehead atoms. The average molecular weight is 261 g/mol. The van der Waals surface area contributed by atoms with Crippen LogP contribution in [-0.2, 0) is 16.0 Å². The molecule has 19 heavy (non-hydrogen) atoms. The first-order valence-corrected chi connectivity index (χ1v) is 6.73. The number of fused-ring (bicyclic) bond motifs is 1. The summed E-state index contributed by atoms with van der Waals surface area (Å²) in [5.74, 6) is 0.0897. The van der Waals surface area contributed by atoms with Crippen molar-refractivity contribution in [2.75, 3.05) is 25.1 Å². The molecule has 0 spiro atoms. The van der Waals surface area contributed by atoms with Crippen LogP contribution in [0.1, 0.15) is 23.6 Å². The smallest absolute Gasteiger partial charge is 0.224 e. The van der Waals surface area contributed by atoms with Gasteiger partial charge >= 0.3 is 0 Å². The van der Waals surface area contributed by atoms with Crippen LogP contribution < -0.4 is 16.4 Å². The summed E-state index contributed by atoms with van der Waals surface area (Å²) in [5.41, 5.74) is 9.48. The molecular formula is C14H19N3O2. The van der Waals surface area contributed by atoms with E-state index in [1.165, 1.54) is 5.56 Å². The van der Waals surface area contributed by atoms with Crippen LogP contribution >= 0.6 is 0 Å². The van der Waals surface area contributed by atoms with Gasteiger partial charge in [-0.3, -0.25) is 4.79 Å². The highest BCUT2D eigenvalue weighted by atomic mass is 16.5. The molecule has 0 aromatic heterocycles. The lowest BCUT2D eigenvalue weighted by atomic mass is 9.94. The average Bonchev–Trinajstić information content (AvgIpc) is 2.47. The van der Waals surface area contributed by atoms with Crippen LogP contribution in [0.3, 0.4) is 0 Å². The summed E-state index contributed by atoms with van der Waals surface area (Å²) in [6, 6.07) is 6.13. The largest absolute Gasteiger partial charge is 0.378 e. The molecule has 2 heterocycles. The fourth-order valence-corrected chi connectivity index (χ4v) is 2.66. The van der Waals surface area contributed by atoms with Crippen molar-refractivity contribution < 1.29 is 9.53 Å². The van der Waals surface area contributed by atoms with Gasteiger partial charge < -0.3 is 21.1 Å². The normalized spacial score (nSPS) is 24.5. The quantitative estimate of drug-likeness (QED) is 0.727. The lowest BCUT2D eigenvalue weighted by Gasteiger charge is -2.30. The highest BCUT2D eigenvalue weighted by molar-refractivity contribution is 5.93. The number of carbonyl (C=O) groups excluding carboxylic acids is 1. The predicted octanol–water partition coefficient (Wildman–Crippen LogP) is 0.559. The highest BCUT2D eigenvalue weighted by Gasteiger charge is 2.23. The number of hydrogen-bond acceptors (Lipinski definition) is 4. The third-order valence-electron chi connectivity index (χ3n) is 3.79. The number of ether oxygens (including phenoxy) is 1. The molecular weight excluding hydrogens is 242 g/mol. The molecule has 3 rings (SSSR count). The lowest BCUT2D eigenvalue weighted by Crippen LogP contribution is -2.47. The van der Waals surface area contributed by atoms with E-state index >= 15 is 0 Å². The van der Waals surface area contributed by atoms with E-state index in [4.69, 9.17) is 10.5 Å². The van der Waals surface area contributed by atoms with E-state index in [1.54, 1.807) is 0 Å². The number of aryl methyl sites for hydroxylation is 1. The first kappa shape index (κ1) is 12.6. The van der Waals surface area contributed by atoms with Gasteiger partial charge in [-0.25, -0.2) is 0 Å². The summed E-state index contributed by atoms with van der Waals surface area (Å²) in [5, 5.41) is 6.27. The van der Waals surface area contributed by atoms with Crippen molar-refractivity contribution >= 4 is 11.6 Å². The summed E-state index contributed by atoms with van der Waals surface area (Å²) in [4.78, 5) is 11.3. The van der Waals surface area contributed by atoms with Crippen molar-refractivity contribution in [1.82, 2.24) is 5.32 Å². The lowest BCUT2D eigenvalue weighted by molar-refractivity contribution is -0.116. The van der Waals surface area contributed by atoms with Crippen molar-refractivity contribution in [2.45, 2.75) is 24.9 Å². The van der Waals surface area contributed by atoms with Crippen LogP contribution in [0.5, 0.6) is 0 Å². The van der Waals surface area contributed by atoms with Gasteiger partial charge in [-0.2, -0.15) is 0 Å². The molecule has 1 aromatic carbocycles. The zero-order chi connectivity index (χ0) is 13.2. The Morgan fingerprint density at radius 2 is 2.26 bits per heavy atom. The molecule has 2 aliphatic heterocycles. The summed E-state index contributed by atoms with van der Waals surface area (Å²) < 4.78 is 5.45. The van der Waals surface area contributed by atoms with Gasteiger partial charge in [0.05, 0.1) is 13.2 Å². The third kappa shape index (κ3) is 2.63. The topological polar surface area (TPSA) is 76.4 Å². The Hall–Kier alpha value is -1.43. The number of benzene rings is 1. The molecule has 5 heteroatoms. The molecule has 2 aliphatic rings. The number of morpholine rings is 1. The van der Waals surface area contributed by atoms with Crippen molar-refractivity contribution in [2.24, 2.45) is 5.73 Å². The van der Waals surface area contributed by atoms with Gasteiger partial charge in [0, 0.05) is 30.7 Å². The summed E-state index contributed by atoms with van der Waals surface area (Å²) in [6.07, 6.45) is 1.34. The zero-order valence-corrected chi connectivity index (χ0v) is 10.8. The Bertz CT molecular complexity index is 484. The Morgan fingerprint density at radius 3 is 3.05 bits per heavy atom. The van der Waals surface area contributed by atoms with E-state index in [1.807, 2.05) is 12.1 Å². The summed E-state index contributed by atoms with van der Waals surface area (Å²) in [6.45, 7) is 2.24. The molecule has 1 saturated heterocycles. The van der Waals surface area contributed by atoms with Gasteiger partial charge in [0.1, 0.15) is 0 Å². The number of carbonyl (C=O) groups is 1. The molecule has 0 radical (unpaired) electrons. The van der Waals surface area contributed by atoms with Crippen LogP contribution in [0.15, 0.2) is 18.2 Å². The molecule has 0 saturated carbocycles. The second kappa shape index (κ2) is 5.28. The SMILES string of the molecule is NC(c1ccc2c(c1)CCC(=O)N2)C1COCCN1. The number of nitrogens with one attached hydrogen (secondary N) is 2. The molecule has 1 aromatic rings. The van der Waals surface area contributed by atoms with Crippen LogP contribution in [0.25, 0.3) is 0 Å². The van der Waals surface area contributed by atoms with E-state index in [0.717, 1.165) is 30.8 Å². The molecule has 0 aliphatic carbocycles. The second-order valence-corrected chi connectivity index (χ2v) is 5.13. The first-order chi connectivity index (χ1) is 9.24. The van der Waals surface area contributed by atoms with E-state index in [2.05, 4.69) is 16.7 Å². The van der Waals surface area contributed by atoms with Crippen molar-refractivity contribution in [3.8, 4) is 0 Å². The Balaban J connectivity index is 1.79. The standard InChI is InChI=1S/C14H19N3O2/c15-14(12-8-19-6-5-16-12)10-1-3-11-9(7-10)2-4-13(18)17-11/h1,3,7,12,14,16H,2,4-6,8,15H2,(H,17,18). The van der Waals surface area contributed by atoms with Gasteiger partial charge in [-0.1, -0.05) is 12.1 Å². The molecule has 1 fully saturated rings. The van der Waals surface area contributed by atoms with E-state index in [9.17, 15) is 4.79 Å². The monoisotopic (exact) mass is 261 g/mol. The van der Waals surface area contributed by atoms with Crippen molar-refractivity contribution in [3.05, 3.63) is 29.3 Å².